The number of unbranched alkanes of at least 4 members (excludes halogenated alkanes) is 2. The quantitative estimate of drug-likeness (QED) is 0.0434. The van der Waals surface area contributed by atoms with E-state index < -0.39 is 12.2 Å². The first kappa shape index (κ1) is 65.9. The normalized spacial score (nSPS) is 10.8. The van der Waals surface area contributed by atoms with Crippen molar-refractivity contribution in [1.29, 1.82) is 0 Å². The third-order valence-corrected chi connectivity index (χ3v) is 5.01. The molecular weight excluding hydrogens is 580 g/mol. The van der Waals surface area contributed by atoms with Crippen LogP contribution in [0.25, 0.3) is 0 Å². The summed E-state index contributed by atoms with van der Waals surface area (Å²) in [6.45, 7) is 12.5. The monoisotopic (exact) mass is 664 g/mol. The molecule has 1 amide bonds. The van der Waals surface area contributed by atoms with Gasteiger partial charge >= 0.3 is 12.2 Å². The number of aliphatic hydroxyl groups is 2. The summed E-state index contributed by atoms with van der Waals surface area (Å²) in [6, 6.07) is 0. The molecule has 0 aliphatic rings. The highest BCUT2D eigenvalue weighted by molar-refractivity contribution is 5.67. The first-order chi connectivity index (χ1) is 18.8. The van der Waals surface area contributed by atoms with Gasteiger partial charge in [-0.1, -0.05) is 84.1 Å². The Morgan fingerprint density at radius 1 is 0.778 bits per heavy atom. The summed E-state index contributed by atoms with van der Waals surface area (Å²) in [6.07, 6.45) is 8.59. The topological polar surface area (TPSA) is 149 Å². The molecule has 3 unspecified atom stereocenters. The third kappa shape index (κ3) is 70.2. The predicted octanol–water partition coefficient (Wildman–Crippen LogP) is 7.79. The van der Waals surface area contributed by atoms with Crippen molar-refractivity contribution in [3.63, 3.8) is 0 Å². The van der Waals surface area contributed by atoms with Gasteiger partial charge in [0.25, 0.3) is 0 Å². The summed E-state index contributed by atoms with van der Waals surface area (Å²) in [7, 11) is 3.26. The Hall–Kier alpha value is -1.59. The van der Waals surface area contributed by atoms with E-state index in [9.17, 15) is 9.90 Å². The second kappa shape index (κ2) is 58.0. The predicted molar refractivity (Wildman–Crippen MR) is 195 cm³/mol. The van der Waals surface area contributed by atoms with Crippen LogP contribution in [-0.4, -0.2) is 112 Å². The average molecular weight is 664 g/mol. The molecule has 3 atom stereocenters. The minimum atomic E-state index is -0.443. The van der Waals surface area contributed by atoms with E-state index in [0.717, 1.165) is 44.9 Å². The van der Waals surface area contributed by atoms with Crippen molar-refractivity contribution in [3.05, 3.63) is 0 Å². The van der Waals surface area contributed by atoms with Gasteiger partial charge in [-0.2, -0.15) is 4.99 Å². The molecule has 0 saturated carbocycles. The van der Waals surface area contributed by atoms with Crippen LogP contribution in [0.3, 0.4) is 0 Å². The maximum atomic E-state index is 11.5. The lowest BCUT2D eigenvalue weighted by atomic mass is 10.1. The van der Waals surface area contributed by atoms with Crippen LogP contribution in [0.1, 0.15) is 130 Å². The minimum absolute atomic E-state index is 0. The van der Waals surface area contributed by atoms with E-state index in [0.29, 0.717) is 59.2 Å². The number of aliphatic hydroxyl groups excluding tert-OH is 2. The van der Waals surface area contributed by atoms with Crippen LogP contribution in [0.15, 0.2) is 4.99 Å². The van der Waals surface area contributed by atoms with Crippen LogP contribution in [0, 0.1) is 0 Å². The second-order valence-corrected chi connectivity index (χ2v) is 9.06. The molecule has 0 bridgehead atoms. The highest BCUT2D eigenvalue weighted by Gasteiger charge is 2.13. The number of methoxy groups -OCH3 is 2. The maximum absolute atomic E-state index is 11.5. The number of carbonyl (C=O) groups excluding carboxylic acids is 2. The molecule has 0 radical (unpaired) electrons. The summed E-state index contributed by atoms with van der Waals surface area (Å²) in [4.78, 5) is 23.0. The van der Waals surface area contributed by atoms with Crippen molar-refractivity contribution in [2.24, 2.45) is 4.99 Å². The second-order valence-electron chi connectivity index (χ2n) is 9.06. The summed E-state index contributed by atoms with van der Waals surface area (Å²) < 4.78 is 25.2. The molecular formula is C34H83N2O9+. The van der Waals surface area contributed by atoms with Gasteiger partial charge in [0.05, 0.1) is 45.2 Å². The van der Waals surface area contributed by atoms with Crippen LogP contribution in [-0.2, 0) is 23.7 Å². The van der Waals surface area contributed by atoms with Crippen LogP contribution in [0.4, 0.5) is 4.79 Å². The molecule has 0 spiro atoms. The lowest BCUT2D eigenvalue weighted by Crippen LogP contribution is -2.30. The molecule has 0 aromatic carbocycles. The van der Waals surface area contributed by atoms with Crippen LogP contribution in [0.5, 0.6) is 0 Å². The molecule has 0 saturated heterocycles. The molecule has 282 valence electrons. The minimum Gasteiger partial charge on any atom is -0.446 e. The number of amides is 1. The SMILES string of the molecule is C.C.C.C.C.C.CCCCC(C)O.CCCCC(O)CC(C)OC(=O)NCCCOCCOC.COCCOCCCN=C=[OH+]. The fraction of sp³-hybridized carbons (Fsp3) is 0.941. The molecule has 0 heterocycles. The van der Waals surface area contributed by atoms with Crippen molar-refractivity contribution in [2.75, 3.05) is 67.0 Å². The number of rotatable bonds is 23. The largest absolute Gasteiger partial charge is 0.466 e. The van der Waals surface area contributed by atoms with Crippen LogP contribution >= 0.6 is 0 Å². The Labute approximate surface area is 281 Å². The smallest absolute Gasteiger partial charge is 0.446 e. The van der Waals surface area contributed by atoms with E-state index in [2.05, 4.69) is 24.2 Å². The Kier molecular flexibility index (Phi) is 85.0. The summed E-state index contributed by atoms with van der Waals surface area (Å²) >= 11 is 0. The van der Waals surface area contributed by atoms with Crippen LogP contribution in [0.2, 0.25) is 0 Å². The molecule has 0 aliphatic heterocycles. The first-order valence-corrected chi connectivity index (χ1v) is 14.3. The summed E-state index contributed by atoms with van der Waals surface area (Å²) in [5.41, 5.74) is 0. The van der Waals surface area contributed by atoms with Crippen molar-refractivity contribution < 1.29 is 43.5 Å². The van der Waals surface area contributed by atoms with E-state index in [4.69, 9.17) is 33.6 Å². The highest BCUT2D eigenvalue weighted by atomic mass is 16.6. The Bertz CT molecular complexity index is 536. The fourth-order valence-corrected chi connectivity index (χ4v) is 2.86. The lowest BCUT2D eigenvalue weighted by molar-refractivity contribution is 0.0566. The van der Waals surface area contributed by atoms with Gasteiger partial charge in [0.15, 0.2) is 0 Å². The molecule has 0 aliphatic carbocycles. The van der Waals surface area contributed by atoms with Gasteiger partial charge in [-0.3, -0.25) is 0 Å². The van der Waals surface area contributed by atoms with Gasteiger partial charge in [-0.05, 0) is 39.5 Å². The first-order valence-electron chi connectivity index (χ1n) is 14.3. The summed E-state index contributed by atoms with van der Waals surface area (Å²) in [5.74, 6) is 0. The number of alkyl carbamates (subject to hydrolysis) is 1. The highest BCUT2D eigenvalue weighted by Crippen LogP contribution is 2.09. The molecule has 11 heteroatoms. The molecule has 45 heavy (non-hydrogen) atoms. The van der Waals surface area contributed by atoms with Crippen molar-refractivity contribution in [1.82, 2.24) is 5.32 Å². The number of hydrogen-bond acceptors (Lipinski definition) is 9. The van der Waals surface area contributed by atoms with Crippen molar-refractivity contribution in [2.45, 2.75) is 148 Å². The Balaban J connectivity index is -0.0000000661. The molecule has 0 rings (SSSR count). The van der Waals surface area contributed by atoms with E-state index in [1.165, 1.54) is 6.42 Å². The van der Waals surface area contributed by atoms with Gasteiger partial charge < -0.3 is 39.2 Å². The number of carbonyl (C=O) groups is 1. The number of nitrogens with one attached hydrogen (secondary N) is 1. The van der Waals surface area contributed by atoms with Gasteiger partial charge in [0.1, 0.15) is 6.10 Å². The standard InChI is InChI=1S/C15H31NO5.C7H13NO3.C6H14O.6CH4/c1-4-5-7-14(17)12-13(2)21-15(18)16-8-6-9-20-11-10-19-3;1-10-5-6-11-4-2-3-8-7-9;1-3-4-5-6(2)7;;;;;;/h13-14,17H,4-12H2,1-3H3,(H,16,18);2-6H2,1H3;6-7H,3-5H2,1-2H3;6*1H4/p+1. The zero-order valence-corrected chi connectivity index (χ0v) is 25.5. The maximum Gasteiger partial charge on any atom is 0.466 e. The van der Waals surface area contributed by atoms with E-state index in [1.54, 1.807) is 27.2 Å². The van der Waals surface area contributed by atoms with Crippen molar-refractivity contribution >= 4 is 12.2 Å². The number of aliphatic imine (C=N–C) groups is 1. The number of nitrogens with zero attached hydrogens (tertiary/aromatic N) is 1. The average Bonchev–Trinajstić information content (AvgIpc) is 2.90. The Morgan fingerprint density at radius 2 is 1.27 bits per heavy atom. The molecule has 0 aromatic rings. The van der Waals surface area contributed by atoms with Gasteiger partial charge in [0, 0.05) is 40.4 Å². The van der Waals surface area contributed by atoms with Crippen LogP contribution < -0.4 is 5.32 Å². The van der Waals surface area contributed by atoms with E-state index >= 15 is 0 Å². The fourth-order valence-electron chi connectivity index (χ4n) is 2.86. The van der Waals surface area contributed by atoms with Gasteiger partial charge in [0.2, 0.25) is 0 Å². The number of isocyanates is 1. The lowest BCUT2D eigenvalue weighted by Gasteiger charge is -2.17. The molecule has 0 fully saturated rings. The zero-order chi connectivity index (χ0) is 30.0. The van der Waals surface area contributed by atoms with Crippen molar-refractivity contribution in [3.8, 4) is 0 Å². The Morgan fingerprint density at radius 3 is 1.69 bits per heavy atom. The van der Waals surface area contributed by atoms with Gasteiger partial charge in [-0.25, -0.2) is 9.59 Å². The van der Waals surface area contributed by atoms with E-state index in [-0.39, 0.29) is 56.8 Å². The summed E-state index contributed by atoms with van der Waals surface area (Å²) in [5, 5.41) is 21.1. The third-order valence-electron chi connectivity index (χ3n) is 5.01. The molecule has 11 nitrogen and oxygen atoms in total. The number of hydrogen-bond donors (Lipinski definition) is 3. The van der Waals surface area contributed by atoms with E-state index in [1.807, 2.05) is 6.92 Å². The molecule has 4 N–H and O–H groups in total. The number of ether oxygens (including phenoxy) is 5. The molecule has 0 aromatic heterocycles. The van der Waals surface area contributed by atoms with Gasteiger partial charge in [-0.15, -0.1) is 0 Å². The zero-order valence-electron chi connectivity index (χ0n) is 25.5.